The van der Waals surface area contributed by atoms with Crippen LogP contribution in [0.15, 0.2) is 6.20 Å². The quantitative estimate of drug-likeness (QED) is 0.645. The molecular weight excluding hydrogens is 188 g/mol. The number of rotatable bonds is 1. The molecule has 2 heterocycles. The van der Waals surface area contributed by atoms with Gasteiger partial charge in [0.2, 0.25) is 12.5 Å². The van der Waals surface area contributed by atoms with Gasteiger partial charge in [0.15, 0.2) is 0 Å². The lowest BCUT2D eigenvalue weighted by Crippen LogP contribution is -2.07. The fraction of sp³-hybridized carbons (Fsp3) is 0.250. The van der Waals surface area contributed by atoms with E-state index >= 15 is 0 Å². The number of anilines is 1. The molecule has 0 spiro atoms. The van der Waals surface area contributed by atoms with Gasteiger partial charge in [-0.1, -0.05) is 0 Å². The van der Waals surface area contributed by atoms with E-state index in [1.54, 1.807) is 0 Å². The maximum absolute atomic E-state index is 11.3. The molecule has 1 aliphatic heterocycles. The Morgan fingerprint density at radius 1 is 1.64 bits per heavy atom. The third kappa shape index (κ3) is 1.12. The van der Waals surface area contributed by atoms with Crippen molar-refractivity contribution in [2.24, 2.45) is 0 Å². The van der Waals surface area contributed by atoms with Crippen molar-refractivity contribution in [3.05, 3.63) is 11.8 Å². The molecule has 0 radical (unpaired) electrons. The largest absolute Gasteiger partial charge is 0.465 e. The summed E-state index contributed by atoms with van der Waals surface area (Å²) >= 11 is 0. The predicted octanol–water partition coefficient (Wildman–Crippen LogP) is 0.179. The van der Waals surface area contributed by atoms with Crippen molar-refractivity contribution in [2.75, 3.05) is 19.6 Å². The summed E-state index contributed by atoms with van der Waals surface area (Å²) in [7, 11) is 1.27. The molecule has 0 aliphatic carbocycles. The first-order chi connectivity index (χ1) is 6.74. The summed E-state index contributed by atoms with van der Waals surface area (Å²) in [4.78, 5) is 15.2. The van der Waals surface area contributed by atoms with Gasteiger partial charge in [0, 0.05) is 0 Å². The van der Waals surface area contributed by atoms with Crippen LogP contribution in [0.1, 0.15) is 10.4 Å². The van der Waals surface area contributed by atoms with Crippen LogP contribution < -0.4 is 15.2 Å². The number of ether oxygens (including phenoxy) is 3. The molecule has 14 heavy (non-hydrogen) atoms. The van der Waals surface area contributed by atoms with Crippen molar-refractivity contribution in [1.82, 2.24) is 4.98 Å². The first-order valence-corrected chi connectivity index (χ1v) is 3.86. The minimum atomic E-state index is -0.563. The lowest BCUT2D eigenvalue weighted by Gasteiger charge is -2.05. The van der Waals surface area contributed by atoms with Crippen LogP contribution in [-0.2, 0) is 4.74 Å². The number of carbonyl (C=O) groups excluding carboxylic acids is 1. The van der Waals surface area contributed by atoms with Crippen LogP contribution in [0.3, 0.4) is 0 Å². The van der Waals surface area contributed by atoms with Crippen LogP contribution in [0.5, 0.6) is 11.6 Å². The normalized spacial score (nSPS) is 12.6. The van der Waals surface area contributed by atoms with Crippen molar-refractivity contribution >= 4 is 11.7 Å². The second-order valence-electron chi connectivity index (χ2n) is 2.62. The van der Waals surface area contributed by atoms with Gasteiger partial charge in [-0.05, 0) is 0 Å². The molecule has 1 aliphatic rings. The van der Waals surface area contributed by atoms with E-state index in [1.165, 1.54) is 13.3 Å². The molecule has 1 aromatic heterocycles. The number of nitrogens with zero attached hydrogens (tertiary/aromatic N) is 1. The van der Waals surface area contributed by atoms with E-state index in [1.807, 2.05) is 0 Å². The monoisotopic (exact) mass is 196 g/mol. The van der Waals surface area contributed by atoms with Gasteiger partial charge >= 0.3 is 5.97 Å². The summed E-state index contributed by atoms with van der Waals surface area (Å²) in [5.41, 5.74) is 5.94. The van der Waals surface area contributed by atoms with Gasteiger partial charge in [-0.25, -0.2) is 9.78 Å². The molecule has 0 fully saturated rings. The number of esters is 1. The molecule has 0 atom stereocenters. The topological polar surface area (TPSA) is 83.7 Å². The van der Waals surface area contributed by atoms with E-state index in [2.05, 4.69) is 9.72 Å². The number of carbonyl (C=O) groups is 1. The molecule has 0 saturated carbocycles. The number of aromatic nitrogens is 1. The van der Waals surface area contributed by atoms with Crippen LogP contribution >= 0.6 is 0 Å². The standard InChI is InChI=1S/C8H8N2O4/c1-12-8(11)5-4(9)2-10-7-6(5)13-3-14-7/h2H,3,9H2,1H3. The number of hydrogen-bond donors (Lipinski definition) is 1. The fourth-order valence-electron chi connectivity index (χ4n) is 1.18. The zero-order chi connectivity index (χ0) is 10.1. The molecule has 1 aromatic rings. The average Bonchev–Trinajstić information content (AvgIpc) is 2.64. The molecule has 2 N–H and O–H groups in total. The van der Waals surface area contributed by atoms with E-state index in [9.17, 15) is 4.79 Å². The van der Waals surface area contributed by atoms with Gasteiger partial charge in [-0.15, -0.1) is 0 Å². The second kappa shape index (κ2) is 3.06. The second-order valence-corrected chi connectivity index (χ2v) is 2.62. The maximum Gasteiger partial charge on any atom is 0.344 e. The molecule has 0 amide bonds. The Morgan fingerprint density at radius 2 is 2.43 bits per heavy atom. The van der Waals surface area contributed by atoms with E-state index in [0.717, 1.165) is 0 Å². The van der Waals surface area contributed by atoms with Crippen LogP contribution in [0.4, 0.5) is 5.69 Å². The third-order valence-corrected chi connectivity index (χ3v) is 1.82. The summed E-state index contributed by atoms with van der Waals surface area (Å²) in [6, 6.07) is 0. The van der Waals surface area contributed by atoms with Crippen LogP contribution in [-0.4, -0.2) is 24.9 Å². The molecule has 0 aromatic carbocycles. The highest BCUT2D eigenvalue weighted by atomic mass is 16.7. The minimum absolute atomic E-state index is 0.0375. The van der Waals surface area contributed by atoms with Gasteiger partial charge in [0.25, 0.3) is 5.88 Å². The first kappa shape index (κ1) is 8.61. The van der Waals surface area contributed by atoms with E-state index in [4.69, 9.17) is 15.2 Å². The first-order valence-electron chi connectivity index (χ1n) is 3.86. The van der Waals surface area contributed by atoms with Gasteiger partial charge in [0.05, 0.1) is 19.0 Å². The van der Waals surface area contributed by atoms with Crippen LogP contribution in [0.25, 0.3) is 0 Å². The van der Waals surface area contributed by atoms with Crippen molar-refractivity contribution in [1.29, 1.82) is 0 Å². The SMILES string of the molecule is COC(=O)c1c(N)cnc2c1OCO2. The number of methoxy groups -OCH3 is 1. The van der Waals surface area contributed by atoms with Gasteiger partial charge in [0.1, 0.15) is 5.56 Å². The van der Waals surface area contributed by atoms with E-state index in [0.29, 0.717) is 0 Å². The van der Waals surface area contributed by atoms with Gasteiger partial charge in [-0.3, -0.25) is 0 Å². The van der Waals surface area contributed by atoms with Crippen molar-refractivity contribution in [3.8, 4) is 11.6 Å². The Kier molecular flexibility index (Phi) is 1.88. The Morgan fingerprint density at radius 3 is 3.14 bits per heavy atom. The minimum Gasteiger partial charge on any atom is -0.465 e. The Labute approximate surface area is 79.6 Å². The zero-order valence-corrected chi connectivity index (χ0v) is 7.44. The molecule has 6 nitrogen and oxygen atoms in total. The van der Waals surface area contributed by atoms with Crippen molar-refractivity contribution in [2.45, 2.75) is 0 Å². The Bertz CT molecular complexity index is 391. The smallest absolute Gasteiger partial charge is 0.344 e. The van der Waals surface area contributed by atoms with Crippen LogP contribution in [0, 0.1) is 0 Å². The summed E-state index contributed by atoms with van der Waals surface area (Å²) in [6.45, 7) is 0.0375. The highest BCUT2D eigenvalue weighted by Gasteiger charge is 2.26. The number of pyridine rings is 1. The fourth-order valence-corrected chi connectivity index (χ4v) is 1.18. The molecule has 0 unspecified atom stereocenters. The van der Waals surface area contributed by atoms with Crippen molar-refractivity contribution in [3.63, 3.8) is 0 Å². The summed E-state index contributed by atoms with van der Waals surface area (Å²) in [5, 5.41) is 0. The number of nitrogen functional groups attached to an aromatic ring is 1. The summed E-state index contributed by atoms with van der Waals surface area (Å²) < 4.78 is 14.6. The number of hydrogen-bond acceptors (Lipinski definition) is 6. The molecular formula is C8H8N2O4. The predicted molar refractivity (Wildman–Crippen MR) is 46.1 cm³/mol. The van der Waals surface area contributed by atoms with E-state index in [-0.39, 0.29) is 29.7 Å². The highest BCUT2D eigenvalue weighted by molar-refractivity contribution is 5.98. The maximum atomic E-state index is 11.3. The molecule has 74 valence electrons. The van der Waals surface area contributed by atoms with Gasteiger partial charge < -0.3 is 19.9 Å². The van der Waals surface area contributed by atoms with Crippen LogP contribution in [0.2, 0.25) is 0 Å². The molecule has 0 saturated heterocycles. The lowest BCUT2D eigenvalue weighted by atomic mass is 10.2. The average molecular weight is 196 g/mol. The number of fused-ring (bicyclic) bond motifs is 1. The van der Waals surface area contributed by atoms with E-state index < -0.39 is 5.97 Å². The summed E-state index contributed by atoms with van der Waals surface area (Å²) in [5.74, 6) is -0.0527. The zero-order valence-electron chi connectivity index (χ0n) is 7.44. The van der Waals surface area contributed by atoms with Crippen molar-refractivity contribution < 1.29 is 19.0 Å². The Balaban J connectivity index is 2.57. The molecule has 6 heteroatoms. The highest BCUT2D eigenvalue weighted by Crippen LogP contribution is 2.36. The third-order valence-electron chi connectivity index (χ3n) is 1.82. The lowest BCUT2D eigenvalue weighted by molar-refractivity contribution is 0.0597. The molecule has 0 bridgehead atoms. The number of nitrogens with two attached hydrogens (primary N) is 1. The van der Waals surface area contributed by atoms with Gasteiger partial charge in [-0.2, -0.15) is 0 Å². The molecule has 2 rings (SSSR count). The Hall–Kier alpha value is -1.98. The summed E-state index contributed by atoms with van der Waals surface area (Å²) in [6.07, 6.45) is 1.33.